The molecular formula is C27H37N5O7Si. The van der Waals surface area contributed by atoms with Gasteiger partial charge in [0.05, 0.1) is 25.8 Å². The number of anilines is 1. The van der Waals surface area contributed by atoms with Gasteiger partial charge in [-0.25, -0.2) is 9.69 Å². The third-order valence-electron chi connectivity index (χ3n) is 7.65. The lowest BCUT2D eigenvalue weighted by molar-refractivity contribution is -0.143. The number of methoxy groups -OCH3 is 1. The Bertz CT molecular complexity index is 1280. The van der Waals surface area contributed by atoms with E-state index in [-0.39, 0.29) is 54.6 Å². The van der Waals surface area contributed by atoms with Crippen molar-refractivity contribution in [3.63, 3.8) is 0 Å². The number of urea groups is 1. The molecule has 0 unspecified atom stereocenters. The van der Waals surface area contributed by atoms with Crippen molar-refractivity contribution in [2.75, 3.05) is 31.7 Å². The highest BCUT2D eigenvalue weighted by atomic mass is 28.4. The Labute approximate surface area is 234 Å². The van der Waals surface area contributed by atoms with Crippen LogP contribution in [0.25, 0.3) is 0 Å². The number of nitrogens with zero attached hydrogens (tertiary/aromatic N) is 5. The first-order valence-corrected chi connectivity index (χ1v) is 16.3. The van der Waals surface area contributed by atoms with Crippen molar-refractivity contribution in [3.8, 4) is 5.75 Å². The summed E-state index contributed by atoms with van der Waals surface area (Å²) in [5.74, 6) is -1.26. The minimum absolute atomic E-state index is 0.0188. The second kappa shape index (κ2) is 11.5. The van der Waals surface area contributed by atoms with Gasteiger partial charge >= 0.3 is 17.8 Å². The Balaban J connectivity index is 1.45. The van der Waals surface area contributed by atoms with Gasteiger partial charge in [-0.2, -0.15) is 4.98 Å². The largest absolute Gasteiger partial charge is 0.495 e. The van der Waals surface area contributed by atoms with E-state index in [1.54, 1.807) is 17.0 Å². The maximum Gasteiger partial charge on any atom is 0.334 e. The minimum atomic E-state index is -2.04. The van der Waals surface area contributed by atoms with E-state index in [2.05, 4.69) is 44.0 Å². The van der Waals surface area contributed by atoms with Crippen LogP contribution >= 0.6 is 0 Å². The Morgan fingerprint density at radius 1 is 1.12 bits per heavy atom. The summed E-state index contributed by atoms with van der Waals surface area (Å²) in [6.07, 6.45) is 1.66. The van der Waals surface area contributed by atoms with Gasteiger partial charge in [0.15, 0.2) is 14.1 Å². The molecule has 4 rings (SSSR count). The summed E-state index contributed by atoms with van der Waals surface area (Å²) in [5, 5.41) is 3.90. The predicted octanol–water partition coefficient (Wildman–Crippen LogP) is 3.38. The normalized spacial score (nSPS) is 16.2. The summed E-state index contributed by atoms with van der Waals surface area (Å²) >= 11 is 0. The zero-order valence-electron chi connectivity index (χ0n) is 23.9. The number of hydrogen-bond acceptors (Lipinski definition) is 9. The topological polar surface area (TPSA) is 135 Å². The van der Waals surface area contributed by atoms with Gasteiger partial charge in [-0.1, -0.05) is 38.1 Å². The molecule has 216 valence electrons. The highest BCUT2D eigenvalue weighted by Gasteiger charge is 2.46. The average Bonchev–Trinajstić information content (AvgIpc) is 3.58. The number of hydrogen-bond donors (Lipinski definition) is 0. The highest BCUT2D eigenvalue weighted by molar-refractivity contribution is 6.74. The molecule has 1 aliphatic carbocycles. The molecular weight excluding hydrogens is 534 g/mol. The van der Waals surface area contributed by atoms with Crippen LogP contribution in [0.4, 0.5) is 10.5 Å². The van der Waals surface area contributed by atoms with Crippen molar-refractivity contribution < 1.29 is 32.9 Å². The highest BCUT2D eigenvalue weighted by Crippen LogP contribution is 2.37. The van der Waals surface area contributed by atoms with E-state index in [0.29, 0.717) is 18.0 Å². The fourth-order valence-electron chi connectivity index (χ4n) is 4.04. The molecule has 0 atom stereocenters. The molecule has 12 nitrogen and oxygen atoms in total. The number of rotatable bonds is 12. The first kappa shape index (κ1) is 29.4. The van der Waals surface area contributed by atoms with Gasteiger partial charge in [-0.05, 0) is 49.0 Å². The maximum atomic E-state index is 13.5. The van der Waals surface area contributed by atoms with Crippen molar-refractivity contribution in [1.29, 1.82) is 0 Å². The van der Waals surface area contributed by atoms with Gasteiger partial charge in [0.2, 0.25) is 11.8 Å². The molecule has 0 bridgehead atoms. The van der Waals surface area contributed by atoms with Crippen molar-refractivity contribution in [2.45, 2.75) is 64.7 Å². The van der Waals surface area contributed by atoms with Crippen molar-refractivity contribution in [2.24, 2.45) is 5.92 Å². The van der Waals surface area contributed by atoms with E-state index in [9.17, 15) is 19.2 Å². The second-order valence-corrected chi connectivity index (χ2v) is 16.4. The summed E-state index contributed by atoms with van der Waals surface area (Å²) in [6, 6.07) is 6.51. The molecule has 1 saturated heterocycles. The molecule has 1 saturated carbocycles. The summed E-state index contributed by atoms with van der Waals surface area (Å²) in [6.45, 7) is 11.3. The van der Waals surface area contributed by atoms with Crippen LogP contribution in [0, 0.1) is 5.92 Å². The molecule has 2 aromatic rings. The van der Waals surface area contributed by atoms with E-state index in [1.165, 1.54) is 7.11 Å². The molecule has 2 fully saturated rings. The monoisotopic (exact) mass is 571 g/mol. The smallest absolute Gasteiger partial charge is 0.334 e. The van der Waals surface area contributed by atoms with Gasteiger partial charge in [0, 0.05) is 13.1 Å². The molecule has 1 aromatic heterocycles. The SMILES string of the molecule is COc1ccccc1N(CCO[Si](C)(C)C(C)(C)C)C(=O)Cc1noc(CN2C(=O)C(=O)N(CC3CC3)C2=O)n1. The average molecular weight is 572 g/mol. The Kier molecular flexibility index (Phi) is 8.45. The zero-order valence-corrected chi connectivity index (χ0v) is 24.9. The summed E-state index contributed by atoms with van der Waals surface area (Å²) in [4.78, 5) is 58.4. The number of carbonyl (C=O) groups is 4. The molecule has 0 spiro atoms. The van der Waals surface area contributed by atoms with Crippen LogP contribution in [0.2, 0.25) is 18.1 Å². The standard InChI is InChI=1S/C27H37N5O7Si/c1-27(2,3)40(5,6)38-14-13-30(19-9-7-8-10-20(19)37-4)23(33)15-21-28-22(39-29-21)17-32-25(35)24(34)31(26(32)36)16-18-11-12-18/h7-10,18H,11-17H2,1-6H3. The van der Waals surface area contributed by atoms with Gasteiger partial charge in [0.1, 0.15) is 12.3 Å². The van der Waals surface area contributed by atoms with Crippen LogP contribution in [0.5, 0.6) is 5.75 Å². The number of para-hydroxylation sites is 2. The first-order chi connectivity index (χ1) is 18.8. The van der Waals surface area contributed by atoms with E-state index in [1.807, 2.05) is 12.1 Å². The Hall–Kier alpha value is -3.58. The van der Waals surface area contributed by atoms with Gasteiger partial charge in [0.25, 0.3) is 0 Å². The number of imide groups is 2. The number of carbonyl (C=O) groups excluding carboxylic acids is 4. The number of amides is 5. The second-order valence-electron chi connectivity index (χ2n) is 11.6. The third kappa shape index (κ3) is 6.41. The van der Waals surface area contributed by atoms with Crippen LogP contribution in [-0.2, 0) is 31.8 Å². The van der Waals surface area contributed by atoms with Crippen molar-refractivity contribution >= 4 is 37.8 Å². The molecule has 1 aliphatic heterocycles. The minimum Gasteiger partial charge on any atom is -0.495 e. The van der Waals surface area contributed by atoms with E-state index in [0.717, 1.165) is 22.6 Å². The van der Waals surface area contributed by atoms with Crippen molar-refractivity contribution in [3.05, 3.63) is 36.0 Å². The van der Waals surface area contributed by atoms with Gasteiger partial charge in [-0.3, -0.25) is 19.3 Å². The number of benzene rings is 1. The summed E-state index contributed by atoms with van der Waals surface area (Å²) in [7, 11) is -0.503. The quantitative estimate of drug-likeness (QED) is 0.213. The van der Waals surface area contributed by atoms with Crippen molar-refractivity contribution in [1.82, 2.24) is 19.9 Å². The van der Waals surface area contributed by atoms with Crippen LogP contribution in [0.1, 0.15) is 45.3 Å². The third-order valence-corrected chi connectivity index (χ3v) is 12.2. The summed E-state index contributed by atoms with van der Waals surface area (Å²) < 4.78 is 17.0. The molecule has 2 aliphatic rings. The van der Waals surface area contributed by atoms with Crippen LogP contribution in [-0.4, -0.2) is 78.8 Å². The summed E-state index contributed by atoms with van der Waals surface area (Å²) in [5.41, 5.74) is 0.583. The van der Waals surface area contributed by atoms with Crippen LogP contribution < -0.4 is 9.64 Å². The van der Waals surface area contributed by atoms with E-state index >= 15 is 0 Å². The zero-order chi connectivity index (χ0) is 29.2. The Morgan fingerprint density at radius 3 is 2.45 bits per heavy atom. The molecule has 13 heteroatoms. The number of aromatic nitrogens is 2. The molecule has 0 N–H and O–H groups in total. The van der Waals surface area contributed by atoms with Gasteiger partial charge in [-0.15, -0.1) is 0 Å². The van der Waals surface area contributed by atoms with E-state index in [4.69, 9.17) is 13.7 Å². The molecule has 0 radical (unpaired) electrons. The molecule has 5 amide bonds. The Morgan fingerprint density at radius 2 is 1.80 bits per heavy atom. The molecule has 40 heavy (non-hydrogen) atoms. The first-order valence-electron chi connectivity index (χ1n) is 13.4. The lowest BCUT2D eigenvalue weighted by Gasteiger charge is -2.37. The fourth-order valence-corrected chi connectivity index (χ4v) is 5.08. The van der Waals surface area contributed by atoms with Gasteiger partial charge < -0.3 is 18.6 Å². The number of ether oxygens (including phenoxy) is 1. The van der Waals surface area contributed by atoms with E-state index < -0.39 is 26.2 Å². The molecule has 1 aromatic carbocycles. The maximum absolute atomic E-state index is 13.5. The van der Waals surface area contributed by atoms with Crippen LogP contribution in [0.3, 0.4) is 0 Å². The predicted molar refractivity (Wildman–Crippen MR) is 147 cm³/mol. The molecule has 2 heterocycles. The van der Waals surface area contributed by atoms with Crippen LogP contribution in [0.15, 0.2) is 28.8 Å². The lowest BCUT2D eigenvalue weighted by atomic mass is 10.2. The fraction of sp³-hybridized carbons (Fsp3) is 0.556. The lowest BCUT2D eigenvalue weighted by Crippen LogP contribution is -2.44.